The van der Waals surface area contributed by atoms with Gasteiger partial charge in [-0.15, -0.1) is 0 Å². The fraction of sp³-hybridized carbons (Fsp3) is 0.552. The number of hydrogen-bond donors (Lipinski definition) is 5. The van der Waals surface area contributed by atoms with Gasteiger partial charge in [0.05, 0.1) is 11.6 Å². The summed E-state index contributed by atoms with van der Waals surface area (Å²) in [6.07, 6.45) is 1.43. The van der Waals surface area contributed by atoms with Gasteiger partial charge in [0.25, 0.3) is 5.91 Å². The average molecular weight is 558 g/mol. The van der Waals surface area contributed by atoms with Crippen molar-refractivity contribution in [2.75, 3.05) is 27.2 Å². The van der Waals surface area contributed by atoms with E-state index in [4.69, 9.17) is 5.73 Å². The maximum Gasteiger partial charge on any atom is 0.255 e. The largest absolute Gasteiger partial charge is 0.510 e. The number of amides is 1. The monoisotopic (exact) mass is 557 g/mol. The molecule has 11 heteroatoms. The first-order valence-electron chi connectivity index (χ1n) is 13.6. The number of rotatable bonds is 5. The van der Waals surface area contributed by atoms with E-state index in [1.807, 2.05) is 0 Å². The number of nitrogens with two attached hydrogens (primary N) is 1. The second-order valence-corrected chi connectivity index (χ2v) is 12.2. The Morgan fingerprint density at radius 3 is 2.52 bits per heavy atom. The molecule has 0 saturated carbocycles. The molecule has 6 N–H and O–H groups in total. The molecule has 0 bridgehead atoms. The molecular weight excluding hydrogens is 521 g/mol. The topological polar surface area (TPSA) is 165 Å². The molecule has 0 radical (unpaired) electrons. The number of likely N-dealkylation sites (tertiary alicyclic amines) is 1. The molecule has 1 aromatic carbocycles. The van der Waals surface area contributed by atoms with E-state index >= 15 is 4.39 Å². The third kappa shape index (κ3) is 3.89. The Hall–Kier alpha value is -3.28. The van der Waals surface area contributed by atoms with E-state index in [1.54, 1.807) is 14.1 Å². The number of phenolic OH excluding ortho intramolecular Hbond substituents is 1. The van der Waals surface area contributed by atoms with Gasteiger partial charge in [0.2, 0.25) is 5.78 Å². The number of aliphatic hydroxyl groups excluding tert-OH is 2. The molecule has 1 unspecified atom stereocenters. The predicted octanol–water partition coefficient (Wildman–Crippen LogP) is 2.05. The first-order valence-corrected chi connectivity index (χ1v) is 13.6. The zero-order valence-electron chi connectivity index (χ0n) is 23.1. The fourth-order valence-corrected chi connectivity index (χ4v) is 7.42. The number of hydrogen-bond acceptors (Lipinski definition) is 9. The van der Waals surface area contributed by atoms with Gasteiger partial charge in [-0.3, -0.25) is 24.2 Å². The standard InChI is InChI=1S/C29H36FN3O7/c1-12(2)11-33-7-5-6-17(33)14-10-18(34)20-15(22(14)30)8-13-9-16-23(32(3)4)25(36)21(28(31)39)27(38)29(16,40)26(37)19(13)24(20)35/h10,12-13,16-17,23,34,36-37,40H,5-9,11H2,1-4H3,(H2,31,39)/t13-,16-,17?,23-,29-/m0/s1. The maximum absolute atomic E-state index is 16.2. The lowest BCUT2D eigenvalue weighted by molar-refractivity contribution is -0.148. The molecule has 1 aliphatic heterocycles. The Bertz CT molecular complexity index is 1380. The third-order valence-electron chi connectivity index (χ3n) is 9.01. The molecule has 10 nitrogen and oxygen atoms in total. The van der Waals surface area contributed by atoms with E-state index in [-0.39, 0.29) is 35.6 Å². The molecule has 1 aromatic rings. The summed E-state index contributed by atoms with van der Waals surface area (Å²) in [4.78, 5) is 42.9. The van der Waals surface area contributed by atoms with Crippen LogP contribution in [0.1, 0.15) is 60.6 Å². The molecule has 216 valence electrons. The van der Waals surface area contributed by atoms with Gasteiger partial charge < -0.3 is 26.2 Å². The molecule has 5 atom stereocenters. The Balaban J connectivity index is 1.64. The number of Topliss-reactive ketones (excluding diaryl/α,β-unsaturated/α-hetero) is 2. The molecule has 1 fully saturated rings. The summed E-state index contributed by atoms with van der Waals surface area (Å²) >= 11 is 0. The summed E-state index contributed by atoms with van der Waals surface area (Å²) < 4.78 is 16.2. The van der Waals surface area contributed by atoms with Crippen molar-refractivity contribution in [1.82, 2.24) is 9.80 Å². The molecule has 0 aromatic heterocycles. The van der Waals surface area contributed by atoms with Gasteiger partial charge in [-0.2, -0.15) is 0 Å². The van der Waals surface area contributed by atoms with Crippen molar-refractivity contribution in [2.45, 2.75) is 57.2 Å². The summed E-state index contributed by atoms with van der Waals surface area (Å²) in [5.41, 5.74) is 1.50. The van der Waals surface area contributed by atoms with E-state index in [9.17, 15) is 34.8 Å². The van der Waals surface area contributed by atoms with Crippen LogP contribution in [0.15, 0.2) is 28.7 Å². The van der Waals surface area contributed by atoms with Crippen molar-refractivity contribution in [3.8, 4) is 5.75 Å². The molecule has 1 amide bonds. The van der Waals surface area contributed by atoms with Crippen LogP contribution in [-0.4, -0.2) is 86.5 Å². The maximum atomic E-state index is 16.2. The summed E-state index contributed by atoms with van der Waals surface area (Å²) in [6.45, 7) is 5.72. The second-order valence-electron chi connectivity index (χ2n) is 12.2. The molecule has 4 aliphatic rings. The number of nitrogens with zero attached hydrogens (tertiary/aromatic N) is 2. The SMILES string of the molecule is CC(C)CN1CCCC1c1cc(O)c2c(c1F)C[C@H]1C[C@H]3[C@H](N(C)C)C(O)=C(C(N)=O)C(=O)[C@@]3(O)C(O)=C1C2=O. The van der Waals surface area contributed by atoms with Gasteiger partial charge >= 0.3 is 0 Å². The van der Waals surface area contributed by atoms with Gasteiger partial charge in [0.15, 0.2) is 11.4 Å². The normalized spacial score (nSPS) is 30.7. The minimum atomic E-state index is -2.72. The predicted molar refractivity (Wildman–Crippen MR) is 142 cm³/mol. The van der Waals surface area contributed by atoms with Crippen molar-refractivity contribution in [3.63, 3.8) is 0 Å². The molecule has 5 rings (SSSR count). The number of fused-ring (bicyclic) bond motifs is 3. The number of aliphatic hydroxyl groups is 3. The highest BCUT2D eigenvalue weighted by Gasteiger charge is 2.63. The fourth-order valence-electron chi connectivity index (χ4n) is 7.42. The van der Waals surface area contributed by atoms with Crippen molar-refractivity contribution in [3.05, 3.63) is 51.2 Å². The van der Waals surface area contributed by atoms with E-state index in [2.05, 4.69) is 18.7 Å². The van der Waals surface area contributed by atoms with E-state index in [0.717, 1.165) is 19.5 Å². The second kappa shape index (κ2) is 9.67. The average Bonchev–Trinajstić information content (AvgIpc) is 3.30. The van der Waals surface area contributed by atoms with Gasteiger partial charge in [0.1, 0.15) is 28.7 Å². The van der Waals surface area contributed by atoms with Gasteiger partial charge in [-0.05, 0) is 64.2 Å². The number of carbonyl (C=O) groups excluding carboxylic acids is 3. The van der Waals surface area contributed by atoms with Gasteiger partial charge in [-0.1, -0.05) is 13.8 Å². The number of allylic oxidation sites excluding steroid dienone is 1. The number of phenols is 1. The van der Waals surface area contributed by atoms with Gasteiger partial charge in [0, 0.05) is 35.2 Å². The van der Waals surface area contributed by atoms with Crippen LogP contribution in [-0.2, 0) is 16.0 Å². The van der Waals surface area contributed by atoms with Crippen LogP contribution in [0.2, 0.25) is 0 Å². The van der Waals surface area contributed by atoms with E-state index in [0.29, 0.717) is 17.9 Å². The van der Waals surface area contributed by atoms with Crippen LogP contribution >= 0.6 is 0 Å². The lowest BCUT2D eigenvalue weighted by Crippen LogP contribution is -2.63. The van der Waals surface area contributed by atoms with Crippen LogP contribution in [0.25, 0.3) is 0 Å². The highest BCUT2D eigenvalue weighted by atomic mass is 19.1. The molecule has 0 spiro atoms. The minimum Gasteiger partial charge on any atom is -0.510 e. The highest BCUT2D eigenvalue weighted by Crippen LogP contribution is 2.53. The summed E-state index contributed by atoms with van der Waals surface area (Å²) in [7, 11) is 3.11. The number of halogens is 1. The summed E-state index contributed by atoms with van der Waals surface area (Å²) in [5, 5.41) is 44.9. The number of aromatic hydroxyl groups is 1. The van der Waals surface area contributed by atoms with E-state index in [1.165, 1.54) is 11.0 Å². The highest BCUT2D eigenvalue weighted by molar-refractivity contribution is 6.24. The Morgan fingerprint density at radius 1 is 1.25 bits per heavy atom. The number of carbonyl (C=O) groups is 3. The minimum absolute atomic E-state index is 0.0320. The van der Waals surface area contributed by atoms with Crippen molar-refractivity contribution < 1.29 is 39.2 Å². The number of primary amides is 1. The lowest BCUT2D eigenvalue weighted by Gasteiger charge is -2.50. The quantitative estimate of drug-likeness (QED) is 0.341. The van der Waals surface area contributed by atoms with Crippen molar-refractivity contribution >= 4 is 17.5 Å². The smallest absolute Gasteiger partial charge is 0.255 e. The van der Waals surface area contributed by atoms with Crippen molar-refractivity contribution in [1.29, 1.82) is 0 Å². The van der Waals surface area contributed by atoms with Crippen LogP contribution < -0.4 is 5.73 Å². The molecule has 1 heterocycles. The van der Waals surface area contributed by atoms with Crippen LogP contribution in [0.3, 0.4) is 0 Å². The Labute approximate surface area is 231 Å². The molecule has 1 saturated heterocycles. The van der Waals surface area contributed by atoms with Crippen LogP contribution in [0.4, 0.5) is 4.39 Å². The molecule has 40 heavy (non-hydrogen) atoms. The lowest BCUT2D eigenvalue weighted by atomic mass is 9.58. The van der Waals surface area contributed by atoms with E-state index < -0.39 is 69.6 Å². The molecular formula is C29H36FN3O7. The van der Waals surface area contributed by atoms with Crippen molar-refractivity contribution in [2.24, 2.45) is 23.5 Å². The third-order valence-corrected chi connectivity index (χ3v) is 9.01. The zero-order chi connectivity index (χ0) is 29.4. The Morgan fingerprint density at radius 2 is 1.93 bits per heavy atom. The molecule has 3 aliphatic carbocycles. The summed E-state index contributed by atoms with van der Waals surface area (Å²) in [5.74, 6) is -7.72. The number of benzene rings is 1. The number of likely N-dealkylation sites (N-methyl/N-ethyl adjacent to an activating group) is 1. The van der Waals surface area contributed by atoms with Crippen LogP contribution in [0, 0.1) is 23.6 Å². The Kier molecular flexibility index (Phi) is 6.83. The first kappa shape index (κ1) is 28.3. The summed E-state index contributed by atoms with van der Waals surface area (Å²) in [6, 6.07) is -0.0788. The number of ketones is 2. The first-order chi connectivity index (χ1) is 18.7. The zero-order valence-corrected chi connectivity index (χ0v) is 23.1. The van der Waals surface area contributed by atoms with Gasteiger partial charge in [-0.25, -0.2) is 4.39 Å². The van der Waals surface area contributed by atoms with Crippen LogP contribution in [0.5, 0.6) is 5.75 Å².